The predicted octanol–water partition coefficient (Wildman–Crippen LogP) is 3.48. The number of hydrogen-bond donors (Lipinski definition) is 1. The highest BCUT2D eigenvalue weighted by atomic mass is 19.4. The van der Waals surface area contributed by atoms with Gasteiger partial charge in [-0.2, -0.15) is 13.2 Å². The van der Waals surface area contributed by atoms with Crippen LogP contribution in [0.2, 0.25) is 0 Å². The fourth-order valence-electron chi connectivity index (χ4n) is 1.32. The van der Waals surface area contributed by atoms with Crippen LogP contribution in [0.15, 0.2) is 0 Å². The first-order chi connectivity index (χ1) is 6.18. The number of rotatable bonds is 4. The van der Waals surface area contributed by atoms with Gasteiger partial charge >= 0.3 is 6.18 Å². The Bertz CT molecular complexity index is 177. The van der Waals surface area contributed by atoms with Crippen molar-refractivity contribution in [1.82, 2.24) is 0 Å². The second-order valence-corrected chi connectivity index (χ2v) is 4.13. The third kappa shape index (κ3) is 2.60. The molecule has 1 N–H and O–H groups in total. The molecule has 0 rings (SSSR count). The van der Waals surface area contributed by atoms with E-state index < -0.39 is 17.7 Å². The lowest BCUT2D eigenvalue weighted by atomic mass is 9.78. The van der Waals surface area contributed by atoms with Gasteiger partial charge in [-0.25, -0.2) is 4.89 Å². The first kappa shape index (κ1) is 13.7. The molecule has 0 saturated heterocycles. The van der Waals surface area contributed by atoms with Crippen molar-refractivity contribution in [3.8, 4) is 0 Å². The summed E-state index contributed by atoms with van der Waals surface area (Å²) in [7, 11) is 0. The zero-order chi connectivity index (χ0) is 11.6. The van der Waals surface area contributed by atoms with Crippen molar-refractivity contribution in [2.75, 3.05) is 0 Å². The summed E-state index contributed by atoms with van der Waals surface area (Å²) in [6.45, 7) is 5.43. The Labute approximate surface area is 82.0 Å². The van der Waals surface area contributed by atoms with E-state index in [0.717, 1.165) is 13.8 Å². The zero-order valence-electron chi connectivity index (χ0n) is 8.85. The lowest BCUT2D eigenvalue weighted by molar-refractivity contribution is -0.352. The molecule has 2 unspecified atom stereocenters. The van der Waals surface area contributed by atoms with Gasteiger partial charge in [0.2, 0.25) is 0 Å². The fraction of sp³-hybridized carbons (Fsp3) is 1.00. The Morgan fingerprint density at radius 1 is 1.29 bits per heavy atom. The van der Waals surface area contributed by atoms with E-state index in [1.54, 1.807) is 13.8 Å². The SMILES string of the molecule is CCC(C)C(OO)C(C)(C)C(F)(F)F. The Hall–Kier alpha value is -0.290. The lowest BCUT2D eigenvalue weighted by Crippen LogP contribution is -2.47. The van der Waals surface area contributed by atoms with Crippen molar-refractivity contribution in [2.45, 2.75) is 46.4 Å². The standard InChI is InChI=1S/C9H17F3O2/c1-5-6(2)7(14-13)8(3,4)9(10,11)12/h6-7,13H,5H2,1-4H3. The van der Waals surface area contributed by atoms with Gasteiger partial charge < -0.3 is 0 Å². The Morgan fingerprint density at radius 2 is 1.71 bits per heavy atom. The Balaban J connectivity index is 4.83. The molecule has 0 aliphatic rings. The molecule has 0 radical (unpaired) electrons. The van der Waals surface area contributed by atoms with E-state index >= 15 is 0 Å². The summed E-state index contributed by atoms with van der Waals surface area (Å²) in [4.78, 5) is 3.97. The van der Waals surface area contributed by atoms with E-state index in [-0.39, 0.29) is 5.92 Å². The highest BCUT2D eigenvalue weighted by molar-refractivity contribution is 4.87. The molecule has 2 nitrogen and oxygen atoms in total. The average Bonchev–Trinajstić information content (AvgIpc) is 2.02. The molecule has 0 heterocycles. The average molecular weight is 214 g/mol. The van der Waals surface area contributed by atoms with Crippen LogP contribution in [0, 0.1) is 11.3 Å². The van der Waals surface area contributed by atoms with Crippen LogP contribution in [0.5, 0.6) is 0 Å². The van der Waals surface area contributed by atoms with Crippen LogP contribution in [0.25, 0.3) is 0 Å². The molecule has 0 aliphatic heterocycles. The second kappa shape index (κ2) is 4.49. The minimum absolute atomic E-state index is 0.350. The highest BCUT2D eigenvalue weighted by Gasteiger charge is 2.54. The van der Waals surface area contributed by atoms with Crippen molar-refractivity contribution < 1.29 is 23.3 Å². The van der Waals surface area contributed by atoms with Crippen LogP contribution < -0.4 is 0 Å². The van der Waals surface area contributed by atoms with Crippen molar-refractivity contribution in [3.05, 3.63) is 0 Å². The minimum Gasteiger partial charge on any atom is -0.252 e. The summed E-state index contributed by atoms with van der Waals surface area (Å²) in [6, 6.07) is 0. The summed E-state index contributed by atoms with van der Waals surface area (Å²) in [5.41, 5.74) is -2.04. The maximum atomic E-state index is 12.6. The molecule has 0 spiro atoms. The van der Waals surface area contributed by atoms with Crippen LogP contribution in [0.4, 0.5) is 13.2 Å². The molecule has 0 aromatic heterocycles. The topological polar surface area (TPSA) is 29.5 Å². The molecule has 0 aliphatic carbocycles. The van der Waals surface area contributed by atoms with Crippen LogP contribution >= 0.6 is 0 Å². The largest absolute Gasteiger partial charge is 0.396 e. The number of halogens is 3. The van der Waals surface area contributed by atoms with Crippen molar-refractivity contribution in [2.24, 2.45) is 11.3 Å². The van der Waals surface area contributed by atoms with Gasteiger partial charge in [0, 0.05) is 0 Å². The smallest absolute Gasteiger partial charge is 0.252 e. The van der Waals surface area contributed by atoms with Gasteiger partial charge in [-0.1, -0.05) is 20.3 Å². The number of alkyl halides is 3. The fourth-order valence-corrected chi connectivity index (χ4v) is 1.32. The maximum absolute atomic E-state index is 12.6. The van der Waals surface area contributed by atoms with Crippen LogP contribution in [-0.2, 0) is 4.89 Å². The summed E-state index contributed by atoms with van der Waals surface area (Å²) in [5.74, 6) is -0.350. The van der Waals surface area contributed by atoms with Crippen molar-refractivity contribution in [1.29, 1.82) is 0 Å². The molecular weight excluding hydrogens is 197 g/mol. The predicted molar refractivity (Wildman–Crippen MR) is 46.8 cm³/mol. The summed E-state index contributed by atoms with van der Waals surface area (Å²) in [6.07, 6.45) is -5.10. The van der Waals surface area contributed by atoms with E-state index in [4.69, 9.17) is 5.26 Å². The molecule has 0 aromatic carbocycles. The molecular formula is C9H17F3O2. The van der Waals surface area contributed by atoms with Crippen LogP contribution in [-0.4, -0.2) is 17.5 Å². The van der Waals surface area contributed by atoms with E-state index in [1.165, 1.54) is 0 Å². The molecule has 86 valence electrons. The third-order valence-corrected chi connectivity index (χ3v) is 2.72. The Morgan fingerprint density at radius 3 is 1.93 bits per heavy atom. The zero-order valence-corrected chi connectivity index (χ0v) is 8.85. The van der Waals surface area contributed by atoms with E-state index in [9.17, 15) is 13.2 Å². The monoisotopic (exact) mass is 214 g/mol. The van der Waals surface area contributed by atoms with E-state index in [0.29, 0.717) is 6.42 Å². The van der Waals surface area contributed by atoms with Gasteiger partial charge in [0.1, 0.15) is 6.10 Å². The van der Waals surface area contributed by atoms with Crippen molar-refractivity contribution in [3.63, 3.8) is 0 Å². The van der Waals surface area contributed by atoms with Gasteiger partial charge in [-0.15, -0.1) is 0 Å². The van der Waals surface area contributed by atoms with Gasteiger partial charge in [-0.05, 0) is 19.8 Å². The molecule has 0 fully saturated rings. The van der Waals surface area contributed by atoms with Crippen molar-refractivity contribution >= 4 is 0 Å². The van der Waals surface area contributed by atoms with Gasteiger partial charge in [0.05, 0.1) is 5.41 Å². The first-order valence-electron chi connectivity index (χ1n) is 4.55. The lowest BCUT2D eigenvalue weighted by Gasteiger charge is -2.36. The molecule has 5 heteroatoms. The highest BCUT2D eigenvalue weighted by Crippen LogP contribution is 2.44. The maximum Gasteiger partial charge on any atom is 0.396 e. The number of hydrogen-bond acceptors (Lipinski definition) is 2. The van der Waals surface area contributed by atoms with Crippen LogP contribution in [0.3, 0.4) is 0 Å². The van der Waals surface area contributed by atoms with E-state index in [2.05, 4.69) is 4.89 Å². The first-order valence-corrected chi connectivity index (χ1v) is 4.55. The minimum atomic E-state index is -4.39. The van der Waals surface area contributed by atoms with E-state index in [1.807, 2.05) is 0 Å². The molecule has 0 amide bonds. The van der Waals surface area contributed by atoms with Gasteiger partial charge in [0.15, 0.2) is 0 Å². The van der Waals surface area contributed by atoms with Crippen LogP contribution in [0.1, 0.15) is 34.1 Å². The summed E-state index contributed by atoms with van der Waals surface area (Å²) < 4.78 is 37.7. The third-order valence-electron chi connectivity index (χ3n) is 2.72. The molecule has 0 bridgehead atoms. The summed E-state index contributed by atoms with van der Waals surface area (Å²) in [5, 5.41) is 8.53. The Kier molecular flexibility index (Phi) is 4.39. The second-order valence-electron chi connectivity index (χ2n) is 4.13. The molecule has 14 heavy (non-hydrogen) atoms. The molecule has 0 aromatic rings. The van der Waals surface area contributed by atoms with Gasteiger partial charge in [-0.3, -0.25) is 5.26 Å². The molecule has 0 saturated carbocycles. The normalized spacial score (nSPS) is 18.0. The summed E-state index contributed by atoms with van der Waals surface area (Å²) >= 11 is 0. The molecule has 2 atom stereocenters. The quantitative estimate of drug-likeness (QED) is 0.573. The van der Waals surface area contributed by atoms with Gasteiger partial charge in [0.25, 0.3) is 0 Å².